The van der Waals surface area contributed by atoms with E-state index in [1.807, 2.05) is 27.8 Å². The van der Waals surface area contributed by atoms with Crippen LogP contribution in [0.5, 0.6) is 0 Å². The van der Waals surface area contributed by atoms with Crippen molar-refractivity contribution in [3.8, 4) is 11.1 Å². The molecule has 3 aromatic heterocycles. The number of thiophene rings is 2. The second kappa shape index (κ2) is 8.04. The van der Waals surface area contributed by atoms with Crippen molar-refractivity contribution in [2.24, 2.45) is 5.73 Å². The summed E-state index contributed by atoms with van der Waals surface area (Å²) in [5.41, 5.74) is 7.88. The average molecular weight is 444 g/mol. The van der Waals surface area contributed by atoms with Crippen LogP contribution in [0.2, 0.25) is 0 Å². The number of hydrogen-bond acceptors (Lipinski definition) is 7. The Morgan fingerprint density at radius 3 is 2.47 bits per heavy atom. The molecular formula is C20H21N5O3S2. The van der Waals surface area contributed by atoms with Crippen molar-refractivity contribution in [2.45, 2.75) is 13.8 Å². The Morgan fingerprint density at radius 2 is 1.90 bits per heavy atom. The van der Waals surface area contributed by atoms with Crippen LogP contribution in [-0.2, 0) is 9.59 Å². The molecule has 3 amide bonds. The first-order valence-corrected chi connectivity index (χ1v) is 11.2. The average Bonchev–Trinajstić information content (AvgIpc) is 3.35. The number of amides is 3. The van der Waals surface area contributed by atoms with Gasteiger partial charge in [0.1, 0.15) is 15.5 Å². The summed E-state index contributed by atoms with van der Waals surface area (Å²) in [6.07, 6.45) is 0. The summed E-state index contributed by atoms with van der Waals surface area (Å²) in [6.45, 7) is 5.60. The summed E-state index contributed by atoms with van der Waals surface area (Å²) in [5, 5.41) is 7.49. The van der Waals surface area contributed by atoms with Crippen LogP contribution in [0.3, 0.4) is 0 Å². The number of nitrogens with zero attached hydrogens (tertiary/aromatic N) is 3. The molecule has 1 fully saturated rings. The van der Waals surface area contributed by atoms with Crippen LogP contribution in [0.1, 0.15) is 23.5 Å². The van der Waals surface area contributed by atoms with Crippen molar-refractivity contribution in [1.82, 2.24) is 9.88 Å². The molecule has 0 radical (unpaired) electrons. The van der Waals surface area contributed by atoms with E-state index in [-0.39, 0.29) is 16.7 Å². The van der Waals surface area contributed by atoms with Gasteiger partial charge in [-0.2, -0.15) is 11.3 Å². The van der Waals surface area contributed by atoms with Gasteiger partial charge in [-0.1, -0.05) is 0 Å². The summed E-state index contributed by atoms with van der Waals surface area (Å²) < 4.78 is 0. The number of rotatable bonds is 4. The van der Waals surface area contributed by atoms with Crippen molar-refractivity contribution in [3.63, 3.8) is 0 Å². The number of nitrogens with one attached hydrogen (secondary N) is 1. The van der Waals surface area contributed by atoms with Gasteiger partial charge in [-0.3, -0.25) is 14.4 Å². The summed E-state index contributed by atoms with van der Waals surface area (Å²) in [6, 6.07) is 3.98. The van der Waals surface area contributed by atoms with Crippen LogP contribution in [0.15, 0.2) is 22.9 Å². The summed E-state index contributed by atoms with van der Waals surface area (Å²) in [7, 11) is 0. The lowest BCUT2D eigenvalue weighted by Gasteiger charge is -2.35. The molecule has 0 spiro atoms. The molecule has 30 heavy (non-hydrogen) atoms. The molecule has 10 heteroatoms. The molecule has 0 aliphatic carbocycles. The molecule has 8 nitrogen and oxygen atoms in total. The third-order valence-electron chi connectivity index (χ3n) is 5.05. The van der Waals surface area contributed by atoms with Gasteiger partial charge >= 0.3 is 0 Å². The minimum Gasteiger partial charge on any atom is -0.365 e. The number of carbonyl (C=O) groups excluding carboxylic acids is 3. The molecule has 3 N–H and O–H groups in total. The van der Waals surface area contributed by atoms with Crippen molar-refractivity contribution in [2.75, 3.05) is 36.4 Å². The quantitative estimate of drug-likeness (QED) is 0.645. The first-order valence-electron chi connectivity index (χ1n) is 9.43. The minimum atomic E-state index is -0.602. The van der Waals surface area contributed by atoms with E-state index in [4.69, 9.17) is 10.7 Å². The highest BCUT2D eigenvalue weighted by atomic mass is 32.1. The van der Waals surface area contributed by atoms with Crippen LogP contribution < -0.4 is 16.0 Å². The zero-order valence-electron chi connectivity index (χ0n) is 16.6. The summed E-state index contributed by atoms with van der Waals surface area (Å²) in [5.74, 6) is -0.0348. The Balaban J connectivity index is 1.86. The van der Waals surface area contributed by atoms with Crippen LogP contribution in [0.25, 0.3) is 21.3 Å². The largest absolute Gasteiger partial charge is 0.365 e. The van der Waals surface area contributed by atoms with Gasteiger partial charge in [0.25, 0.3) is 5.91 Å². The van der Waals surface area contributed by atoms with E-state index in [1.54, 1.807) is 18.3 Å². The number of carbonyl (C=O) groups is 3. The van der Waals surface area contributed by atoms with E-state index in [0.717, 1.165) is 16.9 Å². The van der Waals surface area contributed by atoms with Gasteiger partial charge in [0.2, 0.25) is 11.8 Å². The predicted octanol–water partition coefficient (Wildman–Crippen LogP) is 2.75. The fourth-order valence-electron chi connectivity index (χ4n) is 3.61. The molecular weight excluding hydrogens is 422 g/mol. The lowest BCUT2D eigenvalue weighted by Crippen LogP contribution is -2.48. The zero-order chi connectivity index (χ0) is 21.4. The van der Waals surface area contributed by atoms with Crippen LogP contribution in [0, 0.1) is 0 Å². The minimum absolute atomic E-state index is 0.0707. The van der Waals surface area contributed by atoms with E-state index in [2.05, 4.69) is 10.2 Å². The smallest absolute Gasteiger partial charge is 0.261 e. The van der Waals surface area contributed by atoms with Crippen molar-refractivity contribution < 1.29 is 14.4 Å². The summed E-state index contributed by atoms with van der Waals surface area (Å²) >= 11 is 2.75. The number of pyridine rings is 1. The molecule has 1 saturated heterocycles. The van der Waals surface area contributed by atoms with Gasteiger partial charge in [0.15, 0.2) is 0 Å². The number of aromatic nitrogens is 1. The maximum absolute atomic E-state index is 12.1. The molecule has 0 bridgehead atoms. The lowest BCUT2D eigenvalue weighted by molar-refractivity contribution is -0.129. The number of hydrogen-bond donors (Lipinski definition) is 2. The van der Waals surface area contributed by atoms with Gasteiger partial charge in [0, 0.05) is 45.4 Å². The molecule has 0 unspecified atom stereocenters. The monoisotopic (exact) mass is 443 g/mol. The van der Waals surface area contributed by atoms with Gasteiger partial charge in [0.05, 0.1) is 5.69 Å². The lowest BCUT2D eigenvalue weighted by atomic mass is 10.0. The third-order valence-corrected chi connectivity index (χ3v) is 6.84. The molecule has 0 saturated carbocycles. The van der Waals surface area contributed by atoms with Gasteiger partial charge < -0.3 is 20.9 Å². The maximum atomic E-state index is 12.1. The standard InChI is InChI=1S/C20H21N5O3S2/c1-11(26)22-17-16-14(13-3-8-29-10-13)9-15(23-20(16)30-18(17)19(21)28)25-6-4-24(5-7-25)12(2)27/h3,8-10H,4-7H2,1-2H3,(H2,21,28)(H,22,26). The molecule has 3 aromatic rings. The van der Waals surface area contributed by atoms with Crippen LogP contribution in [-0.4, -0.2) is 53.8 Å². The van der Waals surface area contributed by atoms with Gasteiger partial charge in [-0.25, -0.2) is 4.98 Å². The third kappa shape index (κ3) is 3.75. The topological polar surface area (TPSA) is 109 Å². The van der Waals surface area contributed by atoms with E-state index in [0.29, 0.717) is 42.1 Å². The Labute approximate surface area is 181 Å². The molecule has 0 aromatic carbocycles. The van der Waals surface area contributed by atoms with Crippen LogP contribution >= 0.6 is 22.7 Å². The number of piperazine rings is 1. The first kappa shape index (κ1) is 20.3. The Kier molecular flexibility index (Phi) is 5.44. The second-order valence-electron chi connectivity index (χ2n) is 7.06. The molecule has 4 heterocycles. The van der Waals surface area contributed by atoms with E-state index in [1.165, 1.54) is 18.3 Å². The van der Waals surface area contributed by atoms with Gasteiger partial charge in [-0.15, -0.1) is 11.3 Å². The number of fused-ring (bicyclic) bond motifs is 1. The molecule has 0 atom stereocenters. The molecule has 1 aliphatic rings. The zero-order valence-corrected chi connectivity index (χ0v) is 18.2. The highest BCUT2D eigenvalue weighted by Crippen LogP contribution is 2.43. The fourth-order valence-corrected chi connectivity index (χ4v) is 5.27. The number of nitrogens with two attached hydrogens (primary N) is 1. The van der Waals surface area contributed by atoms with E-state index >= 15 is 0 Å². The SMILES string of the molecule is CC(=O)Nc1c(C(N)=O)sc2nc(N3CCN(C(C)=O)CC3)cc(-c3ccsc3)c12. The number of anilines is 2. The van der Waals surface area contributed by atoms with Crippen molar-refractivity contribution >= 4 is 62.1 Å². The fraction of sp³-hybridized carbons (Fsp3) is 0.300. The summed E-state index contributed by atoms with van der Waals surface area (Å²) in [4.78, 5) is 45.2. The Bertz CT molecular complexity index is 1130. The van der Waals surface area contributed by atoms with Gasteiger partial charge in [-0.05, 0) is 34.0 Å². The van der Waals surface area contributed by atoms with E-state index in [9.17, 15) is 14.4 Å². The second-order valence-corrected chi connectivity index (χ2v) is 8.84. The van der Waals surface area contributed by atoms with E-state index < -0.39 is 5.91 Å². The van der Waals surface area contributed by atoms with Crippen molar-refractivity contribution in [3.05, 3.63) is 27.8 Å². The Hall–Kier alpha value is -2.98. The van der Waals surface area contributed by atoms with Crippen LogP contribution in [0.4, 0.5) is 11.5 Å². The highest BCUT2D eigenvalue weighted by molar-refractivity contribution is 7.21. The van der Waals surface area contributed by atoms with Crippen molar-refractivity contribution in [1.29, 1.82) is 0 Å². The predicted molar refractivity (Wildman–Crippen MR) is 120 cm³/mol. The highest BCUT2D eigenvalue weighted by Gasteiger charge is 2.25. The molecule has 1 aliphatic heterocycles. The molecule has 4 rings (SSSR count). The first-order chi connectivity index (χ1) is 14.3. The normalized spacial score (nSPS) is 14.2. The molecule has 156 valence electrons. The maximum Gasteiger partial charge on any atom is 0.261 e. The number of primary amides is 1. The Morgan fingerprint density at radius 1 is 1.17 bits per heavy atom.